The molecular weight excluding hydrogens is 266 g/mol. The van der Waals surface area contributed by atoms with Crippen LogP contribution < -0.4 is 16.2 Å². The highest BCUT2D eigenvalue weighted by atomic mass is 32.2. The maximum absolute atomic E-state index is 11.5. The molecule has 6 nitrogen and oxygen atoms in total. The van der Waals surface area contributed by atoms with Crippen LogP contribution in [-0.2, 0) is 15.8 Å². The van der Waals surface area contributed by atoms with Crippen LogP contribution in [-0.4, -0.2) is 27.4 Å². The van der Waals surface area contributed by atoms with Gasteiger partial charge in [0.1, 0.15) is 11.6 Å². The molecule has 0 saturated heterocycles. The number of nitrogens with zero attached hydrogens (tertiary/aromatic N) is 1. The lowest BCUT2D eigenvalue weighted by molar-refractivity contribution is 0.307. The second-order valence-electron chi connectivity index (χ2n) is 4.34. The first-order chi connectivity index (χ1) is 9.03. The Hall–Kier alpha value is -1.60. The van der Waals surface area contributed by atoms with Crippen LogP contribution in [0.3, 0.4) is 0 Å². The number of nitrogens with two attached hydrogens (primary N) is 2. The van der Waals surface area contributed by atoms with E-state index in [1.54, 1.807) is 18.2 Å². The normalized spacial score (nSPS) is 16.6. The first kappa shape index (κ1) is 13.8. The summed E-state index contributed by atoms with van der Waals surface area (Å²) >= 11 is 0. The van der Waals surface area contributed by atoms with E-state index in [-0.39, 0.29) is 11.6 Å². The average molecular weight is 283 g/mol. The van der Waals surface area contributed by atoms with Crippen LogP contribution >= 0.6 is 0 Å². The van der Waals surface area contributed by atoms with Gasteiger partial charge in [0.05, 0.1) is 17.9 Å². The molecule has 4 N–H and O–H groups in total. The fraction of sp³-hybridized carbons (Fsp3) is 0.417. The number of ether oxygens (including phenoxy) is 1. The first-order valence-electron chi connectivity index (χ1n) is 6.07. The third-order valence-electron chi connectivity index (χ3n) is 2.80. The van der Waals surface area contributed by atoms with Crippen LogP contribution in [0.1, 0.15) is 24.0 Å². The largest absolute Gasteiger partial charge is 0.493 e. The van der Waals surface area contributed by atoms with Crippen molar-refractivity contribution in [1.29, 1.82) is 0 Å². The minimum absolute atomic E-state index is 0.00400. The van der Waals surface area contributed by atoms with Gasteiger partial charge in [-0.2, -0.15) is 0 Å². The molecule has 0 amide bonds. The predicted octanol–water partition coefficient (Wildman–Crippen LogP) is 0.353. The minimum atomic E-state index is -3.50. The molecule has 0 bridgehead atoms. The number of amidine groups is 1. The molecule has 1 aromatic carbocycles. The Kier molecular flexibility index (Phi) is 4.06. The van der Waals surface area contributed by atoms with Gasteiger partial charge in [-0.1, -0.05) is 12.1 Å². The quantitative estimate of drug-likeness (QED) is 0.758. The zero-order valence-electron chi connectivity index (χ0n) is 10.5. The van der Waals surface area contributed by atoms with E-state index in [0.29, 0.717) is 30.0 Å². The summed E-state index contributed by atoms with van der Waals surface area (Å²) in [5.41, 5.74) is 12.3. The Bertz CT molecular complexity index is 596. The first-order valence-corrected chi connectivity index (χ1v) is 7.67. The van der Waals surface area contributed by atoms with Crippen LogP contribution in [0.2, 0.25) is 0 Å². The van der Waals surface area contributed by atoms with Crippen molar-refractivity contribution in [2.45, 2.75) is 18.6 Å². The van der Waals surface area contributed by atoms with Crippen molar-refractivity contribution in [2.24, 2.45) is 15.9 Å². The van der Waals surface area contributed by atoms with Gasteiger partial charge in [-0.3, -0.25) is 0 Å². The highest BCUT2D eigenvalue weighted by molar-refractivity contribution is 7.89. The van der Waals surface area contributed by atoms with Gasteiger partial charge >= 0.3 is 0 Å². The summed E-state index contributed by atoms with van der Waals surface area (Å²) in [6, 6.07) is 5.24. The van der Waals surface area contributed by atoms with Crippen LogP contribution in [0.5, 0.6) is 5.75 Å². The number of hydrogen-bond acceptors (Lipinski definition) is 5. The van der Waals surface area contributed by atoms with Gasteiger partial charge < -0.3 is 16.2 Å². The Morgan fingerprint density at radius 2 is 2.11 bits per heavy atom. The monoisotopic (exact) mass is 283 g/mol. The second kappa shape index (κ2) is 5.58. The number of sulfonamides is 1. The van der Waals surface area contributed by atoms with Gasteiger partial charge in [-0.05, 0) is 31.0 Å². The number of benzene rings is 1. The van der Waals surface area contributed by atoms with Gasteiger partial charge in [-0.15, -0.1) is 4.40 Å². The zero-order chi connectivity index (χ0) is 13.9. The summed E-state index contributed by atoms with van der Waals surface area (Å²) in [7, 11) is -3.50. The molecule has 104 valence electrons. The van der Waals surface area contributed by atoms with Crippen molar-refractivity contribution in [3.63, 3.8) is 0 Å². The van der Waals surface area contributed by atoms with Crippen LogP contribution in [0, 0.1) is 0 Å². The summed E-state index contributed by atoms with van der Waals surface area (Å²) in [5, 5.41) is 0. The van der Waals surface area contributed by atoms with E-state index < -0.39 is 10.0 Å². The van der Waals surface area contributed by atoms with Gasteiger partial charge in [0.25, 0.3) is 10.0 Å². The van der Waals surface area contributed by atoms with Gasteiger partial charge in [-0.25, -0.2) is 8.42 Å². The van der Waals surface area contributed by atoms with Crippen LogP contribution in [0.25, 0.3) is 0 Å². The number of rotatable bonds is 5. The summed E-state index contributed by atoms with van der Waals surface area (Å²) in [6.45, 7) is 1.14. The molecule has 2 rings (SSSR count). The third-order valence-corrected chi connectivity index (χ3v) is 3.95. The molecule has 0 atom stereocenters. The Labute approximate surface area is 112 Å². The molecule has 1 aliphatic heterocycles. The van der Waals surface area contributed by atoms with E-state index >= 15 is 0 Å². The van der Waals surface area contributed by atoms with E-state index in [0.717, 1.165) is 12.8 Å². The maximum Gasteiger partial charge on any atom is 0.259 e. The molecule has 1 aromatic rings. The molecule has 0 fully saturated rings. The molecule has 0 spiro atoms. The highest BCUT2D eigenvalue weighted by Crippen LogP contribution is 2.28. The van der Waals surface area contributed by atoms with Crippen molar-refractivity contribution in [2.75, 3.05) is 13.2 Å². The van der Waals surface area contributed by atoms with Gasteiger partial charge in [0.15, 0.2) is 0 Å². The smallest absolute Gasteiger partial charge is 0.259 e. The molecule has 0 unspecified atom stereocenters. The molecule has 1 aliphatic rings. The van der Waals surface area contributed by atoms with Gasteiger partial charge in [0, 0.05) is 0 Å². The molecule has 0 saturated carbocycles. The average Bonchev–Trinajstić information content (AvgIpc) is 2.32. The topological polar surface area (TPSA) is 108 Å². The van der Waals surface area contributed by atoms with Crippen molar-refractivity contribution in [3.05, 3.63) is 29.3 Å². The Balaban J connectivity index is 2.24. The van der Waals surface area contributed by atoms with Crippen molar-refractivity contribution in [3.8, 4) is 5.75 Å². The maximum atomic E-state index is 11.5. The second-order valence-corrected chi connectivity index (χ2v) is 5.97. The zero-order valence-corrected chi connectivity index (χ0v) is 11.3. The molecule has 0 radical (unpaired) electrons. The molecule has 19 heavy (non-hydrogen) atoms. The fourth-order valence-corrected chi connectivity index (χ4v) is 3.05. The van der Waals surface area contributed by atoms with E-state index in [9.17, 15) is 8.42 Å². The molecule has 7 heteroatoms. The summed E-state index contributed by atoms with van der Waals surface area (Å²) < 4.78 is 32.2. The Morgan fingerprint density at radius 3 is 2.84 bits per heavy atom. The van der Waals surface area contributed by atoms with Crippen LogP contribution in [0.15, 0.2) is 22.6 Å². The standard InChI is InChI=1S/C12H17N3O3S/c13-6-1-2-7-18-10-5-3-4-9-8-19(16,17)15-12(14)11(9)10/h3-5H,1-2,6-8,13H2,(H2,14,15). The molecule has 1 heterocycles. The number of hydrogen-bond donors (Lipinski definition) is 2. The summed E-state index contributed by atoms with van der Waals surface area (Å²) in [5.74, 6) is 0.435. The van der Waals surface area contributed by atoms with E-state index in [4.69, 9.17) is 16.2 Å². The fourth-order valence-electron chi connectivity index (χ4n) is 1.96. The minimum Gasteiger partial charge on any atom is -0.493 e. The predicted molar refractivity (Wildman–Crippen MR) is 73.6 cm³/mol. The summed E-state index contributed by atoms with van der Waals surface area (Å²) in [6.07, 6.45) is 1.72. The SMILES string of the molecule is NCCCCOc1cccc2c1C(N)=NS(=O)(=O)C2. The van der Waals surface area contributed by atoms with Crippen molar-refractivity contribution >= 4 is 15.9 Å². The lowest BCUT2D eigenvalue weighted by Gasteiger charge is -2.18. The Morgan fingerprint density at radius 1 is 1.32 bits per heavy atom. The van der Waals surface area contributed by atoms with Crippen molar-refractivity contribution < 1.29 is 13.2 Å². The van der Waals surface area contributed by atoms with E-state index in [1.165, 1.54) is 0 Å². The molecule has 0 aliphatic carbocycles. The lowest BCUT2D eigenvalue weighted by atomic mass is 10.1. The van der Waals surface area contributed by atoms with Crippen molar-refractivity contribution in [1.82, 2.24) is 0 Å². The summed E-state index contributed by atoms with van der Waals surface area (Å²) in [4.78, 5) is 0. The van der Waals surface area contributed by atoms with Gasteiger partial charge in [0.2, 0.25) is 0 Å². The molecular formula is C12H17N3O3S. The lowest BCUT2D eigenvalue weighted by Crippen LogP contribution is -2.24. The number of fused-ring (bicyclic) bond motifs is 1. The third kappa shape index (κ3) is 3.24. The molecule has 0 aromatic heterocycles. The van der Waals surface area contributed by atoms with E-state index in [1.807, 2.05) is 0 Å². The van der Waals surface area contributed by atoms with E-state index in [2.05, 4.69) is 4.40 Å². The number of unbranched alkanes of at least 4 members (excludes halogenated alkanes) is 1. The highest BCUT2D eigenvalue weighted by Gasteiger charge is 2.24. The van der Waals surface area contributed by atoms with Crippen LogP contribution in [0.4, 0.5) is 0 Å².